The number of ether oxygens (including phenoxy) is 2. The topological polar surface area (TPSA) is 76.7 Å². The van der Waals surface area contributed by atoms with Crippen molar-refractivity contribution in [1.82, 2.24) is 10.6 Å². The molecule has 1 fully saturated rings. The standard InChI is InChI=1S/C16H30N2O4S/c1-6-23-13-9-7-8-11(13)17-14(19)12(10-21-5)18-15(20)22-16(2,3)4/h11-13H,6-10H2,1-5H3,(H,17,19)(H,18,20). The highest BCUT2D eigenvalue weighted by Crippen LogP contribution is 2.29. The van der Waals surface area contributed by atoms with Crippen LogP contribution in [0.5, 0.6) is 0 Å². The van der Waals surface area contributed by atoms with E-state index in [1.165, 1.54) is 7.11 Å². The van der Waals surface area contributed by atoms with Gasteiger partial charge in [0, 0.05) is 18.4 Å². The van der Waals surface area contributed by atoms with Crippen LogP contribution in [0, 0.1) is 0 Å². The van der Waals surface area contributed by atoms with E-state index >= 15 is 0 Å². The van der Waals surface area contributed by atoms with Crippen LogP contribution in [0.15, 0.2) is 0 Å². The van der Waals surface area contributed by atoms with Crippen molar-refractivity contribution >= 4 is 23.8 Å². The lowest BCUT2D eigenvalue weighted by Crippen LogP contribution is -2.53. The Balaban J connectivity index is 2.58. The second kappa shape index (κ2) is 9.37. The van der Waals surface area contributed by atoms with Crippen LogP contribution in [0.2, 0.25) is 0 Å². The molecule has 7 heteroatoms. The molecule has 23 heavy (non-hydrogen) atoms. The van der Waals surface area contributed by atoms with Crippen molar-refractivity contribution in [2.75, 3.05) is 19.5 Å². The number of methoxy groups -OCH3 is 1. The van der Waals surface area contributed by atoms with Crippen LogP contribution in [0.3, 0.4) is 0 Å². The highest BCUT2D eigenvalue weighted by Gasteiger charge is 2.31. The SMILES string of the molecule is CCSC1CCCC1NC(=O)C(COC)NC(=O)OC(C)(C)C. The minimum absolute atomic E-state index is 0.114. The molecule has 1 saturated carbocycles. The lowest BCUT2D eigenvalue weighted by Gasteiger charge is -2.25. The van der Waals surface area contributed by atoms with E-state index in [4.69, 9.17) is 9.47 Å². The fourth-order valence-corrected chi connectivity index (χ4v) is 3.79. The van der Waals surface area contributed by atoms with E-state index in [2.05, 4.69) is 17.6 Å². The number of hydrogen-bond donors (Lipinski definition) is 2. The molecule has 6 nitrogen and oxygen atoms in total. The number of carbonyl (C=O) groups is 2. The Morgan fingerprint density at radius 2 is 2.00 bits per heavy atom. The lowest BCUT2D eigenvalue weighted by molar-refractivity contribution is -0.125. The average molecular weight is 346 g/mol. The first kappa shape index (κ1) is 20.1. The van der Waals surface area contributed by atoms with Gasteiger partial charge in [0.25, 0.3) is 0 Å². The summed E-state index contributed by atoms with van der Waals surface area (Å²) in [4.78, 5) is 24.3. The third-order valence-corrected chi connectivity index (χ3v) is 4.83. The molecule has 134 valence electrons. The first-order valence-corrected chi connectivity index (χ1v) is 9.22. The van der Waals surface area contributed by atoms with Crippen molar-refractivity contribution in [3.63, 3.8) is 0 Å². The molecule has 0 saturated heterocycles. The van der Waals surface area contributed by atoms with Crippen LogP contribution in [0.4, 0.5) is 4.79 Å². The first-order valence-electron chi connectivity index (χ1n) is 8.17. The largest absolute Gasteiger partial charge is 0.444 e. The van der Waals surface area contributed by atoms with Gasteiger partial charge in [-0.05, 0) is 39.4 Å². The van der Waals surface area contributed by atoms with Gasteiger partial charge in [0.05, 0.1) is 6.61 Å². The highest BCUT2D eigenvalue weighted by atomic mass is 32.2. The fraction of sp³-hybridized carbons (Fsp3) is 0.875. The molecule has 0 aliphatic heterocycles. The quantitative estimate of drug-likeness (QED) is 0.740. The molecule has 3 atom stereocenters. The summed E-state index contributed by atoms with van der Waals surface area (Å²) in [6, 6.07) is -0.588. The molecule has 3 unspecified atom stereocenters. The van der Waals surface area contributed by atoms with Crippen LogP contribution in [-0.4, -0.2) is 54.4 Å². The Morgan fingerprint density at radius 1 is 1.30 bits per heavy atom. The zero-order chi connectivity index (χ0) is 17.5. The van der Waals surface area contributed by atoms with E-state index in [1.807, 2.05) is 11.8 Å². The third-order valence-electron chi connectivity index (χ3n) is 3.50. The van der Waals surface area contributed by atoms with Gasteiger partial charge in [0.15, 0.2) is 0 Å². The number of thioether (sulfide) groups is 1. The predicted octanol–water partition coefficient (Wildman–Crippen LogP) is 2.32. The molecule has 1 rings (SSSR count). The molecule has 0 aromatic rings. The average Bonchev–Trinajstić information content (AvgIpc) is 2.84. The van der Waals surface area contributed by atoms with E-state index < -0.39 is 17.7 Å². The van der Waals surface area contributed by atoms with E-state index in [1.54, 1.807) is 20.8 Å². The molecule has 2 N–H and O–H groups in total. The van der Waals surface area contributed by atoms with Crippen molar-refractivity contribution in [2.24, 2.45) is 0 Å². The Bertz CT molecular complexity index is 398. The molecule has 0 aromatic heterocycles. The molecule has 1 aliphatic rings. The van der Waals surface area contributed by atoms with Crippen LogP contribution < -0.4 is 10.6 Å². The Labute approximate surface area is 143 Å². The van der Waals surface area contributed by atoms with Crippen molar-refractivity contribution in [1.29, 1.82) is 0 Å². The maximum absolute atomic E-state index is 12.5. The number of hydrogen-bond acceptors (Lipinski definition) is 5. The molecule has 0 radical (unpaired) electrons. The van der Waals surface area contributed by atoms with Gasteiger partial charge in [-0.2, -0.15) is 11.8 Å². The number of alkyl carbamates (subject to hydrolysis) is 1. The summed E-state index contributed by atoms with van der Waals surface area (Å²) in [5.41, 5.74) is -0.605. The summed E-state index contributed by atoms with van der Waals surface area (Å²) >= 11 is 1.88. The summed E-state index contributed by atoms with van der Waals surface area (Å²) < 4.78 is 10.3. The van der Waals surface area contributed by atoms with Crippen molar-refractivity contribution in [3.05, 3.63) is 0 Å². The van der Waals surface area contributed by atoms with Gasteiger partial charge < -0.3 is 20.1 Å². The Hall–Kier alpha value is -0.950. The van der Waals surface area contributed by atoms with Crippen molar-refractivity contribution < 1.29 is 19.1 Å². The van der Waals surface area contributed by atoms with E-state index in [9.17, 15) is 9.59 Å². The van der Waals surface area contributed by atoms with E-state index in [0.717, 1.165) is 25.0 Å². The van der Waals surface area contributed by atoms with Crippen LogP contribution >= 0.6 is 11.8 Å². The van der Waals surface area contributed by atoms with Gasteiger partial charge in [0.1, 0.15) is 11.6 Å². The number of rotatable bonds is 7. The van der Waals surface area contributed by atoms with Crippen LogP contribution in [-0.2, 0) is 14.3 Å². The molecule has 1 aliphatic carbocycles. The summed E-state index contributed by atoms with van der Waals surface area (Å²) in [6.45, 7) is 7.58. The molecular formula is C16H30N2O4S. The van der Waals surface area contributed by atoms with E-state index in [0.29, 0.717) is 5.25 Å². The third kappa shape index (κ3) is 7.44. The zero-order valence-electron chi connectivity index (χ0n) is 14.8. The summed E-state index contributed by atoms with van der Waals surface area (Å²) in [5, 5.41) is 6.10. The van der Waals surface area contributed by atoms with Gasteiger partial charge in [-0.15, -0.1) is 0 Å². The number of nitrogens with one attached hydrogen (secondary N) is 2. The molecule has 0 heterocycles. The molecular weight excluding hydrogens is 316 g/mol. The minimum Gasteiger partial charge on any atom is -0.444 e. The van der Waals surface area contributed by atoms with E-state index in [-0.39, 0.29) is 18.6 Å². The molecule has 0 spiro atoms. The Kier molecular flexibility index (Phi) is 8.19. The maximum Gasteiger partial charge on any atom is 0.408 e. The van der Waals surface area contributed by atoms with Gasteiger partial charge in [0.2, 0.25) is 5.91 Å². The van der Waals surface area contributed by atoms with Crippen LogP contribution in [0.1, 0.15) is 47.0 Å². The minimum atomic E-state index is -0.747. The van der Waals surface area contributed by atoms with Crippen molar-refractivity contribution in [2.45, 2.75) is 69.9 Å². The predicted molar refractivity (Wildman–Crippen MR) is 92.7 cm³/mol. The maximum atomic E-state index is 12.5. The van der Waals surface area contributed by atoms with Gasteiger partial charge in [-0.3, -0.25) is 4.79 Å². The molecule has 2 amide bonds. The second-order valence-corrected chi connectivity index (χ2v) is 8.21. The molecule has 0 aromatic carbocycles. The number of carbonyl (C=O) groups excluding carboxylic acids is 2. The summed E-state index contributed by atoms with van der Waals surface area (Å²) in [6.07, 6.45) is 2.62. The lowest BCUT2D eigenvalue weighted by atomic mass is 10.2. The Morgan fingerprint density at radius 3 is 2.57 bits per heavy atom. The second-order valence-electron chi connectivity index (χ2n) is 6.69. The smallest absolute Gasteiger partial charge is 0.408 e. The fourth-order valence-electron chi connectivity index (χ4n) is 2.59. The monoisotopic (exact) mass is 346 g/mol. The highest BCUT2D eigenvalue weighted by molar-refractivity contribution is 7.99. The summed E-state index contributed by atoms with van der Waals surface area (Å²) in [7, 11) is 1.50. The van der Waals surface area contributed by atoms with Gasteiger partial charge >= 0.3 is 6.09 Å². The van der Waals surface area contributed by atoms with Gasteiger partial charge in [-0.1, -0.05) is 13.3 Å². The van der Waals surface area contributed by atoms with Crippen LogP contribution in [0.25, 0.3) is 0 Å². The normalized spacial score (nSPS) is 22.5. The first-order chi connectivity index (χ1) is 10.8. The number of amides is 2. The summed E-state index contributed by atoms with van der Waals surface area (Å²) in [5.74, 6) is 0.820. The molecule has 0 bridgehead atoms. The van der Waals surface area contributed by atoms with Gasteiger partial charge in [-0.25, -0.2) is 4.79 Å². The van der Waals surface area contributed by atoms with Crippen molar-refractivity contribution in [3.8, 4) is 0 Å². The zero-order valence-corrected chi connectivity index (χ0v) is 15.6.